The molecule has 1 amide bonds. The molecule has 3 N–H and O–H groups in total. The van der Waals surface area contributed by atoms with Crippen molar-refractivity contribution in [1.82, 2.24) is 0 Å². The summed E-state index contributed by atoms with van der Waals surface area (Å²) in [6.07, 6.45) is 0.681. The normalized spacial score (nSPS) is 19.3. The van der Waals surface area contributed by atoms with Crippen molar-refractivity contribution in [2.24, 2.45) is 5.73 Å². The lowest BCUT2D eigenvalue weighted by molar-refractivity contribution is -0.117. The molecule has 4 heteroatoms. The summed E-state index contributed by atoms with van der Waals surface area (Å²) in [4.78, 5) is 11.5. The van der Waals surface area contributed by atoms with E-state index in [1.165, 1.54) is 0 Å². The number of hydrogen-bond acceptors (Lipinski definition) is 2. The summed E-state index contributed by atoms with van der Waals surface area (Å²) < 4.78 is 0. The van der Waals surface area contributed by atoms with E-state index in [0.717, 1.165) is 11.3 Å². The molecule has 1 aromatic carbocycles. The Morgan fingerprint density at radius 1 is 1.50 bits per heavy atom. The molecule has 1 unspecified atom stereocenters. The molecule has 1 atom stereocenters. The van der Waals surface area contributed by atoms with Crippen LogP contribution in [0.25, 0.3) is 0 Å². The number of halogens is 1. The molecule has 0 bridgehead atoms. The highest BCUT2D eigenvalue weighted by Gasteiger charge is 2.29. The van der Waals surface area contributed by atoms with Gasteiger partial charge in [0, 0.05) is 10.7 Å². The van der Waals surface area contributed by atoms with Gasteiger partial charge in [-0.25, -0.2) is 0 Å². The van der Waals surface area contributed by atoms with E-state index in [-0.39, 0.29) is 11.8 Å². The van der Waals surface area contributed by atoms with E-state index in [2.05, 4.69) is 5.32 Å². The Labute approximate surface area is 87.2 Å². The number of fused-ring (bicyclic) bond motifs is 1. The first-order valence-electron chi connectivity index (χ1n) is 4.52. The molecular weight excluding hydrogens is 200 g/mol. The number of carbonyl (C=O) groups excluding carboxylic acids is 1. The smallest absolute Gasteiger partial charge is 0.232 e. The summed E-state index contributed by atoms with van der Waals surface area (Å²) in [7, 11) is 0. The Morgan fingerprint density at radius 2 is 2.29 bits per heavy atom. The number of nitrogens with one attached hydrogen (secondary N) is 1. The minimum Gasteiger partial charge on any atom is -0.330 e. The molecule has 3 nitrogen and oxygen atoms in total. The van der Waals surface area contributed by atoms with Crippen LogP contribution in [0.1, 0.15) is 17.9 Å². The van der Waals surface area contributed by atoms with Crippen LogP contribution in [0.4, 0.5) is 5.69 Å². The molecule has 1 aliphatic rings. The van der Waals surface area contributed by atoms with Crippen LogP contribution in [0.15, 0.2) is 18.2 Å². The van der Waals surface area contributed by atoms with Gasteiger partial charge in [-0.15, -0.1) is 0 Å². The SMILES string of the molecule is NCCC1C(=O)Nc2cc(Cl)ccc21. The lowest BCUT2D eigenvalue weighted by Gasteiger charge is -2.05. The second-order valence-corrected chi connectivity index (χ2v) is 3.79. The monoisotopic (exact) mass is 210 g/mol. The van der Waals surface area contributed by atoms with Crippen molar-refractivity contribution in [3.05, 3.63) is 28.8 Å². The zero-order valence-electron chi connectivity index (χ0n) is 7.59. The van der Waals surface area contributed by atoms with Crippen molar-refractivity contribution in [3.8, 4) is 0 Å². The van der Waals surface area contributed by atoms with Gasteiger partial charge in [-0.3, -0.25) is 4.79 Å². The lowest BCUT2D eigenvalue weighted by atomic mass is 9.97. The van der Waals surface area contributed by atoms with Crippen molar-refractivity contribution < 1.29 is 4.79 Å². The number of carbonyl (C=O) groups is 1. The fraction of sp³-hybridized carbons (Fsp3) is 0.300. The van der Waals surface area contributed by atoms with Crippen molar-refractivity contribution in [3.63, 3.8) is 0 Å². The highest BCUT2D eigenvalue weighted by Crippen LogP contribution is 2.35. The van der Waals surface area contributed by atoms with Gasteiger partial charge in [-0.1, -0.05) is 17.7 Å². The van der Waals surface area contributed by atoms with Gasteiger partial charge in [0.25, 0.3) is 0 Å². The molecule has 1 aliphatic heterocycles. The van der Waals surface area contributed by atoms with Crippen LogP contribution in [0, 0.1) is 0 Å². The minimum absolute atomic E-state index is 0.0210. The van der Waals surface area contributed by atoms with Crippen LogP contribution in [0.3, 0.4) is 0 Å². The van der Waals surface area contributed by atoms with Gasteiger partial charge in [0.1, 0.15) is 0 Å². The molecule has 0 fully saturated rings. The lowest BCUT2D eigenvalue weighted by Crippen LogP contribution is -2.15. The van der Waals surface area contributed by atoms with Crippen molar-refractivity contribution in [1.29, 1.82) is 0 Å². The first kappa shape index (κ1) is 9.49. The number of rotatable bonds is 2. The second-order valence-electron chi connectivity index (χ2n) is 3.35. The van der Waals surface area contributed by atoms with Crippen LogP contribution < -0.4 is 11.1 Å². The third-order valence-electron chi connectivity index (χ3n) is 2.42. The summed E-state index contributed by atoms with van der Waals surface area (Å²) >= 11 is 5.82. The standard InChI is InChI=1S/C10H11ClN2O/c11-6-1-2-7-8(3-4-12)10(14)13-9(7)5-6/h1-2,5,8H,3-4,12H2,(H,13,14). The Morgan fingerprint density at radius 3 is 3.00 bits per heavy atom. The van der Waals surface area contributed by atoms with E-state index in [1.807, 2.05) is 6.07 Å². The maximum absolute atomic E-state index is 11.5. The van der Waals surface area contributed by atoms with Crippen molar-refractivity contribution in [2.75, 3.05) is 11.9 Å². The largest absolute Gasteiger partial charge is 0.330 e. The van der Waals surface area contributed by atoms with E-state index in [1.54, 1.807) is 12.1 Å². The Kier molecular flexibility index (Phi) is 2.44. The second kappa shape index (κ2) is 3.59. The van der Waals surface area contributed by atoms with E-state index < -0.39 is 0 Å². The first-order chi connectivity index (χ1) is 6.72. The first-order valence-corrected chi connectivity index (χ1v) is 4.90. The summed E-state index contributed by atoms with van der Waals surface area (Å²) in [5, 5.41) is 3.43. The summed E-state index contributed by atoms with van der Waals surface area (Å²) in [6.45, 7) is 0.514. The zero-order chi connectivity index (χ0) is 10.1. The van der Waals surface area contributed by atoms with Crippen LogP contribution in [0.2, 0.25) is 5.02 Å². The quantitative estimate of drug-likeness (QED) is 0.781. The Bertz CT molecular complexity index is 378. The molecule has 0 saturated heterocycles. The van der Waals surface area contributed by atoms with E-state index >= 15 is 0 Å². The maximum Gasteiger partial charge on any atom is 0.232 e. The van der Waals surface area contributed by atoms with E-state index in [0.29, 0.717) is 18.0 Å². The molecule has 2 rings (SSSR count). The fourth-order valence-corrected chi connectivity index (χ4v) is 1.93. The predicted molar refractivity (Wildman–Crippen MR) is 56.5 cm³/mol. The van der Waals surface area contributed by atoms with Crippen LogP contribution in [-0.4, -0.2) is 12.5 Å². The molecular formula is C10H11ClN2O. The van der Waals surface area contributed by atoms with Crippen molar-refractivity contribution >= 4 is 23.2 Å². The molecule has 0 spiro atoms. The average Bonchev–Trinajstić information content (AvgIpc) is 2.43. The number of nitrogens with two attached hydrogens (primary N) is 1. The molecule has 1 aromatic rings. The third kappa shape index (κ3) is 1.49. The predicted octanol–water partition coefficient (Wildman–Crippen LogP) is 1.72. The molecule has 14 heavy (non-hydrogen) atoms. The number of hydrogen-bond donors (Lipinski definition) is 2. The van der Waals surface area contributed by atoms with E-state index in [9.17, 15) is 4.79 Å². The molecule has 1 heterocycles. The topological polar surface area (TPSA) is 55.1 Å². The van der Waals surface area contributed by atoms with Gasteiger partial charge in [0.15, 0.2) is 0 Å². The number of benzene rings is 1. The summed E-state index contributed by atoms with van der Waals surface area (Å²) in [6, 6.07) is 5.45. The van der Waals surface area contributed by atoms with Crippen LogP contribution in [-0.2, 0) is 4.79 Å². The van der Waals surface area contributed by atoms with Crippen LogP contribution >= 0.6 is 11.6 Å². The zero-order valence-corrected chi connectivity index (χ0v) is 8.34. The molecule has 0 aromatic heterocycles. The van der Waals surface area contributed by atoms with Gasteiger partial charge in [0.2, 0.25) is 5.91 Å². The molecule has 0 aliphatic carbocycles. The fourth-order valence-electron chi connectivity index (χ4n) is 1.75. The summed E-state index contributed by atoms with van der Waals surface area (Å²) in [5.74, 6) is -0.0833. The third-order valence-corrected chi connectivity index (χ3v) is 2.66. The van der Waals surface area contributed by atoms with Gasteiger partial charge in [-0.05, 0) is 30.7 Å². The average molecular weight is 211 g/mol. The maximum atomic E-state index is 11.5. The van der Waals surface area contributed by atoms with Gasteiger partial charge >= 0.3 is 0 Å². The minimum atomic E-state index is -0.104. The highest BCUT2D eigenvalue weighted by molar-refractivity contribution is 6.31. The van der Waals surface area contributed by atoms with Gasteiger partial charge in [0.05, 0.1) is 5.92 Å². The molecule has 74 valence electrons. The number of anilines is 1. The molecule has 0 radical (unpaired) electrons. The summed E-state index contributed by atoms with van der Waals surface area (Å²) in [5.41, 5.74) is 7.28. The van der Waals surface area contributed by atoms with Crippen LogP contribution in [0.5, 0.6) is 0 Å². The highest BCUT2D eigenvalue weighted by atomic mass is 35.5. The van der Waals surface area contributed by atoms with E-state index in [4.69, 9.17) is 17.3 Å². The Hall–Kier alpha value is -1.06. The molecule has 0 saturated carbocycles. The van der Waals surface area contributed by atoms with Gasteiger partial charge in [-0.2, -0.15) is 0 Å². The number of amides is 1. The van der Waals surface area contributed by atoms with Crippen molar-refractivity contribution in [2.45, 2.75) is 12.3 Å². The van der Waals surface area contributed by atoms with Gasteiger partial charge < -0.3 is 11.1 Å². The Balaban J connectivity index is 2.37.